The van der Waals surface area contributed by atoms with Gasteiger partial charge in [-0.05, 0) is 62.3 Å². The molecule has 3 rings (SSSR count). The van der Waals surface area contributed by atoms with E-state index in [4.69, 9.17) is 9.72 Å². The number of hydrogen-bond donors (Lipinski definition) is 1. The summed E-state index contributed by atoms with van der Waals surface area (Å²) in [5, 5.41) is 4.01. The number of rotatable bonds is 13. The van der Waals surface area contributed by atoms with Crippen LogP contribution in [0.15, 0.2) is 40.4 Å². The fourth-order valence-corrected chi connectivity index (χ4v) is 5.98. The standard InChI is InChI=1S/C27H39N3O3S2/c1-7-18(3)15-20(5)25-26(28-6)30(13-10-9-11-22(8-2)35(31)32)27(29-25)34-24-17-23-21(12-14-33-23)16-19(24)4/h15-17,22,28H,3,7-14H2,1-2,4-6H3,(H,31,32)/p-1/b20-15-. The second kappa shape index (κ2) is 12.8. The van der Waals surface area contributed by atoms with Crippen molar-refractivity contribution in [2.45, 2.75) is 88.1 Å². The lowest BCUT2D eigenvalue weighted by molar-refractivity contribution is 0.356. The first kappa shape index (κ1) is 27.6. The lowest BCUT2D eigenvalue weighted by atomic mass is 10.1. The third-order valence-corrected chi connectivity index (χ3v) is 8.76. The van der Waals surface area contributed by atoms with E-state index in [1.807, 2.05) is 14.0 Å². The highest BCUT2D eigenvalue weighted by Gasteiger charge is 2.21. The Morgan fingerprint density at radius 2 is 2.17 bits per heavy atom. The van der Waals surface area contributed by atoms with E-state index in [9.17, 15) is 8.76 Å². The Morgan fingerprint density at radius 3 is 2.83 bits per heavy atom. The summed E-state index contributed by atoms with van der Waals surface area (Å²) in [5.41, 5.74) is 5.55. The maximum atomic E-state index is 11.4. The summed E-state index contributed by atoms with van der Waals surface area (Å²) in [6.07, 6.45) is 7.01. The molecule has 2 aromatic rings. The highest BCUT2D eigenvalue weighted by molar-refractivity contribution is 7.99. The fourth-order valence-electron chi connectivity index (χ4n) is 4.34. The minimum Gasteiger partial charge on any atom is -0.772 e. The zero-order valence-electron chi connectivity index (χ0n) is 21.6. The van der Waals surface area contributed by atoms with Crippen molar-refractivity contribution >= 4 is 34.2 Å². The van der Waals surface area contributed by atoms with E-state index >= 15 is 0 Å². The van der Waals surface area contributed by atoms with Crippen LogP contribution in [0.1, 0.15) is 69.7 Å². The summed E-state index contributed by atoms with van der Waals surface area (Å²) < 4.78 is 30.9. The zero-order chi connectivity index (χ0) is 25.5. The average Bonchev–Trinajstić information content (AvgIpc) is 3.42. The number of aromatic nitrogens is 2. The molecule has 2 heterocycles. The van der Waals surface area contributed by atoms with Crippen LogP contribution in [0, 0.1) is 6.92 Å². The first-order valence-corrected chi connectivity index (χ1v) is 14.4. The summed E-state index contributed by atoms with van der Waals surface area (Å²) in [7, 11) is 1.93. The van der Waals surface area contributed by atoms with Gasteiger partial charge in [0.05, 0.1) is 6.61 Å². The minimum atomic E-state index is -2.01. The van der Waals surface area contributed by atoms with Crippen LogP contribution in [0.2, 0.25) is 0 Å². The number of hydrogen-bond acceptors (Lipinski definition) is 6. The van der Waals surface area contributed by atoms with Crippen molar-refractivity contribution in [2.75, 3.05) is 19.0 Å². The number of fused-ring (bicyclic) bond motifs is 1. The molecule has 1 aromatic heterocycles. The Hall–Kier alpha value is -2.03. The Labute approximate surface area is 216 Å². The number of ether oxygens (including phenoxy) is 1. The molecule has 1 N–H and O–H groups in total. The number of nitrogens with one attached hydrogen (secondary N) is 1. The second-order valence-corrected chi connectivity index (χ2v) is 11.2. The van der Waals surface area contributed by atoms with Crippen molar-refractivity contribution in [1.29, 1.82) is 0 Å². The van der Waals surface area contributed by atoms with Crippen LogP contribution in [0.4, 0.5) is 5.82 Å². The normalized spacial score (nSPS) is 15.0. The van der Waals surface area contributed by atoms with E-state index in [0.29, 0.717) is 12.8 Å². The predicted octanol–water partition coefficient (Wildman–Crippen LogP) is 6.52. The lowest BCUT2D eigenvalue weighted by Crippen LogP contribution is -2.14. The molecule has 0 bridgehead atoms. The monoisotopic (exact) mass is 516 g/mol. The molecule has 0 spiro atoms. The van der Waals surface area contributed by atoms with Gasteiger partial charge in [-0.1, -0.05) is 67.4 Å². The van der Waals surface area contributed by atoms with Crippen LogP contribution in [0.25, 0.3) is 5.57 Å². The number of unbranched alkanes of at least 4 members (excludes halogenated alkanes) is 1. The SMILES string of the molecule is C=C(/C=C(/C)c1nc(Sc2cc3c(cc2C)CCO3)n(CCCCC(CC)S(=O)[O-])c1NC)CC. The molecule has 0 fully saturated rings. The van der Waals surface area contributed by atoms with Gasteiger partial charge in [0.2, 0.25) is 0 Å². The van der Waals surface area contributed by atoms with Gasteiger partial charge in [-0.15, -0.1) is 0 Å². The highest BCUT2D eigenvalue weighted by atomic mass is 32.2. The molecule has 192 valence electrons. The topological polar surface area (TPSA) is 79.2 Å². The third kappa shape index (κ3) is 6.80. The van der Waals surface area contributed by atoms with Crippen molar-refractivity contribution in [3.8, 4) is 5.75 Å². The van der Waals surface area contributed by atoms with Crippen molar-refractivity contribution < 1.29 is 13.5 Å². The van der Waals surface area contributed by atoms with E-state index in [2.05, 4.69) is 55.4 Å². The van der Waals surface area contributed by atoms with Gasteiger partial charge in [0.1, 0.15) is 17.3 Å². The van der Waals surface area contributed by atoms with Crippen LogP contribution in [-0.4, -0.2) is 37.2 Å². The van der Waals surface area contributed by atoms with E-state index in [-0.39, 0.29) is 5.25 Å². The molecular weight excluding hydrogens is 478 g/mol. The molecule has 0 saturated heterocycles. The highest BCUT2D eigenvalue weighted by Crippen LogP contribution is 2.39. The maximum absolute atomic E-state index is 11.4. The molecule has 0 aliphatic carbocycles. The van der Waals surface area contributed by atoms with Gasteiger partial charge in [0, 0.05) is 30.2 Å². The van der Waals surface area contributed by atoms with Gasteiger partial charge < -0.3 is 19.2 Å². The number of imidazole rings is 1. The summed E-state index contributed by atoms with van der Waals surface area (Å²) in [5.74, 6) is 1.94. The van der Waals surface area contributed by atoms with Crippen molar-refractivity contribution in [3.63, 3.8) is 0 Å². The summed E-state index contributed by atoms with van der Waals surface area (Å²) in [6.45, 7) is 13.9. The summed E-state index contributed by atoms with van der Waals surface area (Å²) in [6, 6.07) is 4.36. The largest absolute Gasteiger partial charge is 0.772 e. The van der Waals surface area contributed by atoms with E-state index in [0.717, 1.165) is 77.3 Å². The van der Waals surface area contributed by atoms with Crippen LogP contribution < -0.4 is 10.1 Å². The van der Waals surface area contributed by atoms with E-state index in [1.165, 1.54) is 11.1 Å². The molecule has 8 heteroatoms. The Bertz CT molecular complexity index is 1110. The maximum Gasteiger partial charge on any atom is 0.175 e. The molecule has 1 aliphatic heterocycles. The smallest absolute Gasteiger partial charge is 0.175 e. The van der Waals surface area contributed by atoms with Crippen LogP contribution >= 0.6 is 11.8 Å². The van der Waals surface area contributed by atoms with Gasteiger partial charge in [0.25, 0.3) is 0 Å². The number of nitrogens with zero attached hydrogens (tertiary/aromatic N) is 2. The minimum absolute atomic E-state index is 0.273. The Balaban J connectivity index is 1.92. The van der Waals surface area contributed by atoms with Crippen LogP contribution in [0.5, 0.6) is 5.75 Å². The van der Waals surface area contributed by atoms with Gasteiger partial charge in [-0.25, -0.2) is 4.98 Å². The number of aryl methyl sites for hydroxylation is 1. The predicted molar refractivity (Wildman–Crippen MR) is 146 cm³/mol. The van der Waals surface area contributed by atoms with Gasteiger partial charge >= 0.3 is 0 Å². The molecule has 0 amide bonds. The zero-order valence-corrected chi connectivity index (χ0v) is 23.2. The van der Waals surface area contributed by atoms with Gasteiger partial charge in [0.15, 0.2) is 5.16 Å². The van der Waals surface area contributed by atoms with E-state index in [1.54, 1.807) is 11.8 Å². The molecular formula is C27H38N3O3S2-. The molecule has 2 atom stereocenters. The van der Waals surface area contributed by atoms with Crippen molar-refractivity contribution in [3.05, 3.63) is 47.2 Å². The second-order valence-electron chi connectivity index (χ2n) is 9.04. The van der Waals surface area contributed by atoms with Crippen LogP contribution in [-0.2, 0) is 24.0 Å². The fraction of sp³-hybridized carbons (Fsp3) is 0.519. The van der Waals surface area contributed by atoms with Crippen molar-refractivity contribution in [1.82, 2.24) is 9.55 Å². The molecule has 1 aliphatic rings. The Kier molecular flexibility index (Phi) is 10.1. The number of anilines is 1. The van der Waals surface area contributed by atoms with Gasteiger partial charge in [-0.3, -0.25) is 4.21 Å². The van der Waals surface area contributed by atoms with Crippen LogP contribution in [0.3, 0.4) is 0 Å². The molecule has 1 aromatic carbocycles. The summed E-state index contributed by atoms with van der Waals surface area (Å²) in [4.78, 5) is 6.21. The van der Waals surface area contributed by atoms with Crippen molar-refractivity contribution in [2.24, 2.45) is 0 Å². The molecule has 35 heavy (non-hydrogen) atoms. The molecule has 2 unspecified atom stereocenters. The lowest BCUT2D eigenvalue weighted by Gasteiger charge is -2.18. The molecule has 6 nitrogen and oxygen atoms in total. The third-order valence-electron chi connectivity index (χ3n) is 6.49. The number of benzene rings is 1. The number of allylic oxidation sites excluding steroid dienone is 3. The van der Waals surface area contributed by atoms with Gasteiger partial charge in [-0.2, -0.15) is 0 Å². The Morgan fingerprint density at radius 1 is 1.40 bits per heavy atom. The first-order valence-electron chi connectivity index (χ1n) is 12.5. The first-order chi connectivity index (χ1) is 16.8. The average molecular weight is 517 g/mol. The van der Waals surface area contributed by atoms with E-state index < -0.39 is 11.1 Å². The molecule has 0 radical (unpaired) electrons. The summed E-state index contributed by atoms with van der Waals surface area (Å²) >= 11 is -0.357. The quantitative estimate of drug-likeness (QED) is 0.186. The molecule has 0 saturated carbocycles.